The molecule has 0 aromatic carbocycles. The lowest BCUT2D eigenvalue weighted by atomic mass is 10.5. The van der Waals surface area contributed by atoms with Gasteiger partial charge in [-0.2, -0.15) is 0 Å². The van der Waals surface area contributed by atoms with Crippen LogP contribution in [-0.2, 0) is 14.3 Å². The van der Waals surface area contributed by atoms with Gasteiger partial charge in [-0.05, 0) is 13.3 Å². The summed E-state index contributed by atoms with van der Waals surface area (Å²) in [5, 5.41) is 0. The summed E-state index contributed by atoms with van der Waals surface area (Å²) < 4.78 is 9.56. The molecule has 3 heteroatoms. The van der Waals surface area contributed by atoms with Gasteiger partial charge in [-0.1, -0.05) is 6.08 Å². The summed E-state index contributed by atoms with van der Waals surface area (Å²) in [4.78, 5) is 10.7. The second-order valence-corrected chi connectivity index (χ2v) is 2.00. The molecule has 0 aromatic rings. The quantitative estimate of drug-likeness (QED) is 0.200. The first-order valence-corrected chi connectivity index (χ1v) is 3.87. The molecular formula is C9H14O3. The number of carbonyl (C=O) groups excluding carboxylic acids is 1. The molecule has 0 bridgehead atoms. The van der Waals surface area contributed by atoms with Gasteiger partial charge in [-0.3, -0.25) is 0 Å². The molecule has 0 saturated heterocycles. The molecule has 0 aromatic heterocycles. The van der Waals surface area contributed by atoms with Crippen molar-refractivity contribution in [2.75, 3.05) is 13.2 Å². The summed E-state index contributed by atoms with van der Waals surface area (Å²) in [5.41, 5.74) is 0. The van der Waals surface area contributed by atoms with E-state index in [1.807, 2.05) is 0 Å². The third-order valence-corrected chi connectivity index (χ3v) is 1.03. The maximum Gasteiger partial charge on any atom is 0.333 e. The smallest absolute Gasteiger partial charge is 0.333 e. The van der Waals surface area contributed by atoms with Crippen molar-refractivity contribution in [3.05, 3.63) is 25.0 Å². The lowest BCUT2D eigenvalue weighted by Crippen LogP contribution is -1.99. The lowest BCUT2D eigenvalue weighted by Gasteiger charge is -1.96. The van der Waals surface area contributed by atoms with E-state index in [0.717, 1.165) is 6.42 Å². The average molecular weight is 170 g/mol. The Morgan fingerprint density at radius 1 is 1.58 bits per heavy atom. The highest BCUT2D eigenvalue weighted by Gasteiger charge is 1.91. The zero-order valence-corrected chi connectivity index (χ0v) is 7.29. The second kappa shape index (κ2) is 7.85. The topological polar surface area (TPSA) is 35.5 Å². The van der Waals surface area contributed by atoms with Gasteiger partial charge in [0.25, 0.3) is 0 Å². The van der Waals surface area contributed by atoms with Crippen molar-refractivity contribution in [2.24, 2.45) is 0 Å². The molecule has 0 aliphatic rings. The van der Waals surface area contributed by atoms with Crippen LogP contribution in [0.3, 0.4) is 0 Å². The van der Waals surface area contributed by atoms with Gasteiger partial charge in [-0.25, -0.2) is 4.79 Å². The Bertz CT molecular complexity index is 161. The third kappa shape index (κ3) is 6.86. The molecule has 0 aliphatic carbocycles. The Morgan fingerprint density at radius 3 is 2.92 bits per heavy atom. The molecule has 12 heavy (non-hydrogen) atoms. The van der Waals surface area contributed by atoms with Crippen molar-refractivity contribution >= 4 is 5.97 Å². The molecule has 0 saturated carbocycles. The van der Waals surface area contributed by atoms with Crippen LogP contribution in [-0.4, -0.2) is 19.2 Å². The van der Waals surface area contributed by atoms with Crippen LogP contribution >= 0.6 is 0 Å². The van der Waals surface area contributed by atoms with Gasteiger partial charge in [-0.15, -0.1) is 6.58 Å². The number of hydrogen-bond acceptors (Lipinski definition) is 3. The van der Waals surface area contributed by atoms with Gasteiger partial charge < -0.3 is 9.47 Å². The van der Waals surface area contributed by atoms with Crippen molar-refractivity contribution < 1.29 is 14.3 Å². The molecule has 0 aliphatic heterocycles. The fourth-order valence-electron chi connectivity index (χ4n) is 0.513. The summed E-state index contributed by atoms with van der Waals surface area (Å²) in [7, 11) is 0. The molecule has 0 fully saturated rings. The van der Waals surface area contributed by atoms with E-state index in [0.29, 0.717) is 13.2 Å². The van der Waals surface area contributed by atoms with Crippen molar-refractivity contribution in [3.8, 4) is 0 Å². The van der Waals surface area contributed by atoms with E-state index in [-0.39, 0.29) is 5.97 Å². The Morgan fingerprint density at radius 2 is 2.33 bits per heavy atom. The first-order valence-electron chi connectivity index (χ1n) is 3.87. The normalized spacial score (nSPS) is 9.75. The average Bonchev–Trinajstić information content (AvgIpc) is 2.05. The maximum absolute atomic E-state index is 10.7. The SMILES string of the molecule is C=CCCO/C=C/C(=O)OCC. The molecule has 0 atom stereocenters. The number of ether oxygens (including phenoxy) is 2. The summed E-state index contributed by atoms with van der Waals surface area (Å²) in [6.45, 7) is 6.21. The van der Waals surface area contributed by atoms with E-state index in [1.54, 1.807) is 13.0 Å². The van der Waals surface area contributed by atoms with Gasteiger partial charge in [0.1, 0.15) is 0 Å². The monoisotopic (exact) mass is 170 g/mol. The number of hydrogen-bond donors (Lipinski definition) is 0. The number of rotatable bonds is 6. The van der Waals surface area contributed by atoms with Crippen LogP contribution in [0.4, 0.5) is 0 Å². The summed E-state index contributed by atoms with van der Waals surface area (Å²) in [6.07, 6.45) is 5.11. The van der Waals surface area contributed by atoms with Gasteiger partial charge in [0, 0.05) is 0 Å². The van der Waals surface area contributed by atoms with E-state index in [4.69, 9.17) is 4.74 Å². The molecule has 3 nitrogen and oxygen atoms in total. The molecular weight excluding hydrogens is 156 g/mol. The Balaban J connectivity index is 3.34. The largest absolute Gasteiger partial charge is 0.501 e. The highest BCUT2D eigenvalue weighted by Crippen LogP contribution is 1.86. The third-order valence-electron chi connectivity index (χ3n) is 1.03. The van der Waals surface area contributed by atoms with E-state index in [9.17, 15) is 4.79 Å². The van der Waals surface area contributed by atoms with Crippen LogP contribution in [0.25, 0.3) is 0 Å². The minimum absolute atomic E-state index is 0.379. The maximum atomic E-state index is 10.7. The molecule has 0 spiro atoms. The predicted octanol–water partition coefficient (Wildman–Crippen LogP) is 1.66. The van der Waals surface area contributed by atoms with E-state index in [2.05, 4.69) is 11.3 Å². The minimum atomic E-state index is -0.379. The molecule has 0 radical (unpaired) electrons. The molecule has 0 rings (SSSR count). The van der Waals surface area contributed by atoms with Gasteiger partial charge in [0.15, 0.2) is 0 Å². The van der Waals surface area contributed by atoms with Crippen molar-refractivity contribution in [3.63, 3.8) is 0 Å². The zero-order valence-electron chi connectivity index (χ0n) is 7.29. The van der Waals surface area contributed by atoms with Crippen molar-refractivity contribution in [1.82, 2.24) is 0 Å². The molecule has 0 amide bonds. The standard InChI is InChI=1S/C9H14O3/c1-3-5-7-11-8-6-9(10)12-4-2/h3,6,8H,1,4-5,7H2,2H3/b8-6+. The molecule has 0 heterocycles. The fraction of sp³-hybridized carbons (Fsp3) is 0.444. The van der Waals surface area contributed by atoms with E-state index >= 15 is 0 Å². The molecule has 0 unspecified atom stereocenters. The number of esters is 1. The van der Waals surface area contributed by atoms with Crippen LogP contribution in [0.1, 0.15) is 13.3 Å². The predicted molar refractivity (Wildman–Crippen MR) is 46.5 cm³/mol. The Hall–Kier alpha value is -1.25. The first kappa shape index (κ1) is 10.8. The van der Waals surface area contributed by atoms with E-state index < -0.39 is 0 Å². The zero-order chi connectivity index (χ0) is 9.23. The van der Waals surface area contributed by atoms with Crippen molar-refractivity contribution in [1.29, 1.82) is 0 Å². The lowest BCUT2D eigenvalue weighted by molar-refractivity contribution is -0.137. The molecule has 68 valence electrons. The molecule has 0 N–H and O–H groups in total. The highest BCUT2D eigenvalue weighted by atomic mass is 16.5. The second-order valence-electron chi connectivity index (χ2n) is 2.00. The van der Waals surface area contributed by atoms with Crippen LogP contribution < -0.4 is 0 Å². The van der Waals surface area contributed by atoms with Crippen LogP contribution in [0.2, 0.25) is 0 Å². The number of carbonyl (C=O) groups is 1. The van der Waals surface area contributed by atoms with Gasteiger partial charge in [0.2, 0.25) is 0 Å². The summed E-state index contributed by atoms with van der Waals surface area (Å²) in [6, 6.07) is 0. The first-order chi connectivity index (χ1) is 5.81. The van der Waals surface area contributed by atoms with E-state index in [1.165, 1.54) is 12.3 Å². The minimum Gasteiger partial charge on any atom is -0.501 e. The fourth-order valence-corrected chi connectivity index (χ4v) is 0.513. The summed E-state index contributed by atoms with van der Waals surface area (Å²) >= 11 is 0. The van der Waals surface area contributed by atoms with Gasteiger partial charge >= 0.3 is 5.97 Å². The van der Waals surface area contributed by atoms with Gasteiger partial charge in [0.05, 0.1) is 25.6 Å². The van der Waals surface area contributed by atoms with Crippen LogP contribution in [0, 0.1) is 0 Å². The summed E-state index contributed by atoms with van der Waals surface area (Å²) in [5.74, 6) is -0.379. The highest BCUT2D eigenvalue weighted by molar-refractivity contribution is 5.81. The Kier molecular flexibility index (Phi) is 7.03. The van der Waals surface area contributed by atoms with Crippen LogP contribution in [0.5, 0.6) is 0 Å². The van der Waals surface area contributed by atoms with Crippen molar-refractivity contribution in [2.45, 2.75) is 13.3 Å². The Labute approximate surface area is 72.7 Å². The van der Waals surface area contributed by atoms with Crippen LogP contribution in [0.15, 0.2) is 25.0 Å².